The fraction of sp³-hybridized carbons (Fsp3) is 0.333. The van der Waals surface area contributed by atoms with Crippen LogP contribution in [0.5, 0.6) is 0 Å². The number of methoxy groups -OCH3 is 1. The molecular formula is C18H17N3O4S. The number of ketones is 1. The maximum atomic E-state index is 12.7. The summed E-state index contributed by atoms with van der Waals surface area (Å²) < 4.78 is 4.73. The molecule has 2 N–H and O–H groups in total. The number of carbonyl (C=O) groups excluding carboxylic acids is 3. The number of primary amides is 1. The first-order valence-electron chi connectivity index (χ1n) is 7.88. The molecule has 0 spiro atoms. The second kappa shape index (κ2) is 6.42. The van der Waals surface area contributed by atoms with Gasteiger partial charge in [0.15, 0.2) is 5.78 Å². The Kier molecular flexibility index (Phi) is 4.42. The van der Waals surface area contributed by atoms with Gasteiger partial charge in [0.1, 0.15) is 11.5 Å². The van der Waals surface area contributed by atoms with Crippen LogP contribution in [-0.2, 0) is 19.1 Å². The molecule has 3 rings (SSSR count). The highest BCUT2D eigenvalue weighted by Gasteiger charge is 2.64. The van der Waals surface area contributed by atoms with Crippen molar-refractivity contribution >= 4 is 29.0 Å². The number of Topliss-reactive ketones (excluding diaryl/α,β-unsaturated/α-hetero) is 1. The highest BCUT2D eigenvalue weighted by atomic mass is 32.1. The number of carbonyl (C=O) groups is 3. The summed E-state index contributed by atoms with van der Waals surface area (Å²) in [6, 6.07) is 2.30. The van der Waals surface area contributed by atoms with E-state index in [2.05, 4.69) is 6.07 Å². The van der Waals surface area contributed by atoms with E-state index >= 15 is 0 Å². The number of esters is 1. The van der Waals surface area contributed by atoms with E-state index in [4.69, 9.17) is 10.5 Å². The number of hydrogen-bond donors (Lipinski definition) is 1. The number of nitrogens with two attached hydrogens (primary N) is 1. The number of hydrogen-bond acceptors (Lipinski definition) is 7. The maximum absolute atomic E-state index is 12.7. The molecule has 1 aromatic heterocycles. The Morgan fingerprint density at radius 3 is 2.65 bits per heavy atom. The molecule has 0 aromatic carbocycles. The van der Waals surface area contributed by atoms with Gasteiger partial charge in [-0.05, 0) is 35.4 Å². The lowest BCUT2D eigenvalue weighted by Crippen LogP contribution is -2.44. The summed E-state index contributed by atoms with van der Waals surface area (Å²) in [5.74, 6) is -2.33. The first-order chi connectivity index (χ1) is 12.4. The van der Waals surface area contributed by atoms with Gasteiger partial charge in [-0.3, -0.25) is 9.59 Å². The maximum Gasteiger partial charge on any atom is 0.339 e. The van der Waals surface area contributed by atoms with E-state index in [0.717, 1.165) is 0 Å². The van der Waals surface area contributed by atoms with Crippen LogP contribution >= 0.6 is 11.3 Å². The number of ether oxygens (including phenoxy) is 1. The highest BCUT2D eigenvalue weighted by Crippen LogP contribution is 2.53. The van der Waals surface area contributed by atoms with Crippen LogP contribution in [0.2, 0.25) is 0 Å². The molecule has 0 saturated carbocycles. The Balaban J connectivity index is 2.24. The first-order valence-corrected chi connectivity index (χ1v) is 8.82. The van der Waals surface area contributed by atoms with Crippen molar-refractivity contribution in [3.05, 3.63) is 46.3 Å². The van der Waals surface area contributed by atoms with Crippen LogP contribution in [-0.4, -0.2) is 41.8 Å². The Morgan fingerprint density at radius 2 is 2.15 bits per heavy atom. The molecule has 1 aromatic rings. The van der Waals surface area contributed by atoms with Crippen LogP contribution in [0.4, 0.5) is 0 Å². The lowest BCUT2D eigenvalue weighted by atomic mass is 9.67. The number of nitriles is 1. The third kappa shape index (κ3) is 2.35. The molecule has 0 bridgehead atoms. The van der Waals surface area contributed by atoms with E-state index < -0.39 is 35.3 Å². The monoisotopic (exact) mass is 371 g/mol. The zero-order chi connectivity index (χ0) is 19.1. The van der Waals surface area contributed by atoms with E-state index in [1.807, 2.05) is 10.8 Å². The molecular weight excluding hydrogens is 354 g/mol. The quantitative estimate of drug-likeness (QED) is 0.793. The van der Waals surface area contributed by atoms with Gasteiger partial charge in [0.25, 0.3) is 0 Å². The molecule has 7 nitrogen and oxygen atoms in total. The molecule has 8 heteroatoms. The zero-order valence-corrected chi connectivity index (χ0v) is 15.0. The Bertz CT molecular complexity index is 867. The number of rotatable bonds is 4. The third-order valence-electron chi connectivity index (χ3n) is 5.04. The second-order valence-corrected chi connectivity index (χ2v) is 7.03. The van der Waals surface area contributed by atoms with Crippen LogP contribution in [0.15, 0.2) is 40.8 Å². The van der Waals surface area contributed by atoms with Crippen LogP contribution in [0.3, 0.4) is 0 Å². The number of thiophene rings is 1. The van der Waals surface area contributed by atoms with Gasteiger partial charge in [0, 0.05) is 12.1 Å². The SMILES string of the molecule is COC(=O)C1=CN2[C@H](C(N)=O)[C@H](c3ccsc3)[C@](C#N)(C(C)=O)[C@@H]2C=C1. The second-order valence-electron chi connectivity index (χ2n) is 6.25. The highest BCUT2D eigenvalue weighted by molar-refractivity contribution is 7.08. The minimum Gasteiger partial charge on any atom is -0.465 e. The van der Waals surface area contributed by atoms with Crippen LogP contribution in [0, 0.1) is 16.7 Å². The van der Waals surface area contributed by atoms with Crippen molar-refractivity contribution in [2.24, 2.45) is 11.1 Å². The summed E-state index contributed by atoms with van der Waals surface area (Å²) in [4.78, 5) is 38.4. The minimum atomic E-state index is -1.49. The predicted molar refractivity (Wildman–Crippen MR) is 93.6 cm³/mol. The fourth-order valence-electron chi connectivity index (χ4n) is 3.91. The summed E-state index contributed by atoms with van der Waals surface area (Å²) in [5, 5.41) is 13.6. The molecule has 2 aliphatic heterocycles. The summed E-state index contributed by atoms with van der Waals surface area (Å²) >= 11 is 1.41. The van der Waals surface area contributed by atoms with Crippen LogP contribution < -0.4 is 5.73 Å². The molecule has 1 fully saturated rings. The molecule has 1 saturated heterocycles. The van der Waals surface area contributed by atoms with Gasteiger partial charge in [-0.15, -0.1) is 0 Å². The molecule has 0 unspecified atom stereocenters. The van der Waals surface area contributed by atoms with Crippen molar-refractivity contribution in [1.82, 2.24) is 4.90 Å². The number of amides is 1. The van der Waals surface area contributed by atoms with Crippen molar-refractivity contribution in [1.29, 1.82) is 5.26 Å². The lowest BCUT2D eigenvalue weighted by Gasteiger charge is -2.32. The van der Waals surface area contributed by atoms with E-state index in [0.29, 0.717) is 5.56 Å². The van der Waals surface area contributed by atoms with E-state index in [-0.39, 0.29) is 11.4 Å². The minimum absolute atomic E-state index is 0.219. The molecule has 2 aliphatic rings. The average Bonchev–Trinajstić information content (AvgIpc) is 3.24. The Hall–Kier alpha value is -2.92. The largest absolute Gasteiger partial charge is 0.465 e. The van der Waals surface area contributed by atoms with E-state index in [9.17, 15) is 19.6 Å². The van der Waals surface area contributed by atoms with Crippen LogP contribution in [0.1, 0.15) is 18.4 Å². The Morgan fingerprint density at radius 1 is 1.42 bits per heavy atom. The van der Waals surface area contributed by atoms with Gasteiger partial charge >= 0.3 is 5.97 Å². The van der Waals surface area contributed by atoms with Crippen molar-refractivity contribution in [2.75, 3.05) is 7.11 Å². The number of fused-ring (bicyclic) bond motifs is 1. The summed E-state index contributed by atoms with van der Waals surface area (Å²) in [7, 11) is 1.25. The van der Waals surface area contributed by atoms with Gasteiger partial charge in [0.05, 0.1) is 24.8 Å². The molecule has 0 radical (unpaired) electrons. The number of nitrogens with zero attached hydrogens (tertiary/aromatic N) is 2. The summed E-state index contributed by atoms with van der Waals surface area (Å²) in [5.41, 5.74) is 5.09. The zero-order valence-electron chi connectivity index (χ0n) is 14.2. The summed E-state index contributed by atoms with van der Waals surface area (Å²) in [6.45, 7) is 1.34. The van der Waals surface area contributed by atoms with Crippen molar-refractivity contribution in [3.8, 4) is 6.07 Å². The smallest absolute Gasteiger partial charge is 0.339 e. The standard InChI is InChI=1S/C18H17N3O4S/c1-10(22)18(9-19)13-4-3-11(17(24)25-2)7-21(13)15(16(20)23)14(18)12-5-6-26-8-12/h3-8,13-15H,1-2H3,(H2,20,23)/t13-,14-,15-,18+/m0/s1. The lowest BCUT2D eigenvalue weighted by molar-refractivity contribution is -0.136. The normalized spacial score (nSPS) is 29.5. The van der Waals surface area contributed by atoms with Gasteiger partial charge in [-0.25, -0.2) is 4.79 Å². The van der Waals surface area contributed by atoms with Crippen molar-refractivity contribution in [3.63, 3.8) is 0 Å². The Labute approximate surface area is 154 Å². The molecule has 26 heavy (non-hydrogen) atoms. The van der Waals surface area contributed by atoms with Gasteiger partial charge in [-0.1, -0.05) is 6.08 Å². The first kappa shape index (κ1) is 17.9. The van der Waals surface area contributed by atoms with Crippen molar-refractivity contribution in [2.45, 2.75) is 24.9 Å². The summed E-state index contributed by atoms with van der Waals surface area (Å²) in [6.07, 6.45) is 4.56. The topological polar surface area (TPSA) is 113 Å². The third-order valence-corrected chi connectivity index (χ3v) is 5.75. The molecule has 3 heterocycles. The van der Waals surface area contributed by atoms with Crippen molar-refractivity contribution < 1.29 is 19.1 Å². The molecule has 4 atom stereocenters. The predicted octanol–water partition coefficient (Wildman–Crippen LogP) is 1.10. The molecule has 0 aliphatic carbocycles. The van der Waals surface area contributed by atoms with Crippen LogP contribution in [0.25, 0.3) is 0 Å². The van der Waals surface area contributed by atoms with Gasteiger partial charge in [0.2, 0.25) is 5.91 Å². The molecule has 134 valence electrons. The average molecular weight is 371 g/mol. The van der Waals surface area contributed by atoms with Gasteiger partial charge < -0.3 is 15.4 Å². The molecule has 1 amide bonds. The fourth-order valence-corrected chi connectivity index (χ4v) is 4.61. The van der Waals surface area contributed by atoms with Gasteiger partial charge in [-0.2, -0.15) is 16.6 Å². The van der Waals surface area contributed by atoms with E-state index in [1.165, 1.54) is 37.6 Å². The van der Waals surface area contributed by atoms with E-state index in [1.54, 1.807) is 17.0 Å².